The van der Waals surface area contributed by atoms with E-state index in [1.165, 1.54) is 6.92 Å². The van der Waals surface area contributed by atoms with Crippen molar-refractivity contribution in [3.05, 3.63) is 31.8 Å². The molecule has 0 bridgehead atoms. The lowest BCUT2D eigenvalue weighted by Gasteiger charge is -2.10. The monoisotopic (exact) mass is 397 g/mol. The maximum absolute atomic E-state index is 11.7. The lowest BCUT2D eigenvalue weighted by Crippen LogP contribution is -2.38. The molecule has 0 fully saturated rings. The van der Waals surface area contributed by atoms with Crippen molar-refractivity contribution in [3.63, 3.8) is 0 Å². The highest BCUT2D eigenvalue weighted by atomic mass is 127. The second-order valence-corrected chi connectivity index (χ2v) is 5.26. The number of aliphatic carboxylic acids is 1. The van der Waals surface area contributed by atoms with Crippen molar-refractivity contribution in [2.75, 3.05) is 0 Å². The number of benzene rings is 1. The zero-order chi connectivity index (χ0) is 12.3. The third-order valence-electron chi connectivity index (χ3n) is 1.89. The zero-order valence-electron chi connectivity index (χ0n) is 8.33. The molecule has 16 heavy (non-hydrogen) atoms. The Labute approximate surface area is 115 Å². The maximum Gasteiger partial charge on any atom is 0.325 e. The van der Waals surface area contributed by atoms with E-state index in [2.05, 4.69) is 43.8 Å². The molecule has 4 nitrogen and oxygen atoms in total. The minimum Gasteiger partial charge on any atom is -0.480 e. The van der Waals surface area contributed by atoms with E-state index < -0.39 is 17.9 Å². The van der Waals surface area contributed by atoms with Crippen molar-refractivity contribution in [1.82, 2.24) is 5.32 Å². The van der Waals surface area contributed by atoms with Gasteiger partial charge in [0.2, 0.25) is 0 Å². The Hall–Kier alpha value is -0.630. The fourth-order valence-electron chi connectivity index (χ4n) is 1.01. The first kappa shape index (κ1) is 13.4. The predicted octanol–water partition coefficient (Wildman–Crippen LogP) is 2.26. The highest BCUT2D eigenvalue weighted by Crippen LogP contribution is 2.19. The van der Waals surface area contributed by atoms with Crippen LogP contribution in [-0.2, 0) is 4.79 Å². The summed E-state index contributed by atoms with van der Waals surface area (Å²) in [5.41, 5.74) is 0.431. The molecular formula is C10H9BrINO3. The first-order chi connectivity index (χ1) is 7.41. The Balaban J connectivity index is 2.88. The largest absolute Gasteiger partial charge is 0.480 e. The average molecular weight is 398 g/mol. The second kappa shape index (κ2) is 5.62. The normalized spacial score (nSPS) is 11.9. The van der Waals surface area contributed by atoms with Crippen LogP contribution >= 0.6 is 38.5 Å². The molecule has 1 rings (SSSR count). The highest BCUT2D eigenvalue weighted by molar-refractivity contribution is 14.1. The number of carbonyl (C=O) groups is 2. The van der Waals surface area contributed by atoms with Gasteiger partial charge in [-0.3, -0.25) is 9.59 Å². The van der Waals surface area contributed by atoms with Gasteiger partial charge in [0.25, 0.3) is 5.91 Å². The average Bonchev–Trinajstić information content (AvgIpc) is 2.21. The van der Waals surface area contributed by atoms with E-state index in [4.69, 9.17) is 5.11 Å². The first-order valence-electron chi connectivity index (χ1n) is 4.40. The van der Waals surface area contributed by atoms with Crippen LogP contribution in [0.1, 0.15) is 17.3 Å². The van der Waals surface area contributed by atoms with Gasteiger partial charge in [0.05, 0.1) is 5.56 Å². The Bertz CT molecular complexity index is 436. The number of nitrogens with one attached hydrogen (secondary N) is 1. The number of carboxylic acids is 1. The second-order valence-electron chi connectivity index (χ2n) is 3.16. The van der Waals surface area contributed by atoms with E-state index in [-0.39, 0.29) is 0 Å². The summed E-state index contributed by atoms with van der Waals surface area (Å²) in [6, 6.07) is 4.39. The molecule has 0 unspecified atom stereocenters. The van der Waals surface area contributed by atoms with E-state index in [0.717, 1.165) is 3.57 Å². The molecule has 0 radical (unpaired) electrons. The number of hydrogen-bond donors (Lipinski definition) is 2. The fourth-order valence-corrected chi connectivity index (χ4v) is 1.93. The molecule has 0 saturated carbocycles. The van der Waals surface area contributed by atoms with E-state index in [1.807, 2.05) is 6.07 Å². The molecule has 0 spiro atoms. The van der Waals surface area contributed by atoms with Crippen LogP contribution in [0.5, 0.6) is 0 Å². The van der Waals surface area contributed by atoms with Gasteiger partial charge < -0.3 is 10.4 Å². The molecule has 1 amide bonds. The molecule has 86 valence electrons. The summed E-state index contributed by atoms with van der Waals surface area (Å²) in [6.45, 7) is 1.42. The molecule has 0 heterocycles. The van der Waals surface area contributed by atoms with Gasteiger partial charge in [0.1, 0.15) is 6.04 Å². The van der Waals surface area contributed by atoms with Crippen LogP contribution in [0, 0.1) is 3.57 Å². The lowest BCUT2D eigenvalue weighted by atomic mass is 10.2. The van der Waals surface area contributed by atoms with Gasteiger partial charge in [-0.05, 0) is 63.6 Å². The Kier molecular flexibility index (Phi) is 4.72. The van der Waals surface area contributed by atoms with Crippen molar-refractivity contribution in [1.29, 1.82) is 0 Å². The van der Waals surface area contributed by atoms with Crippen LogP contribution in [0.2, 0.25) is 0 Å². The molecule has 1 aromatic carbocycles. The topological polar surface area (TPSA) is 66.4 Å². The number of carbonyl (C=O) groups excluding carboxylic acids is 1. The van der Waals surface area contributed by atoms with Gasteiger partial charge in [-0.1, -0.05) is 0 Å². The molecule has 0 aromatic heterocycles. The van der Waals surface area contributed by atoms with Crippen LogP contribution in [0.3, 0.4) is 0 Å². The number of halogens is 2. The van der Waals surface area contributed by atoms with E-state index in [1.54, 1.807) is 12.1 Å². The van der Waals surface area contributed by atoms with Crippen molar-refractivity contribution >= 4 is 50.4 Å². The predicted molar refractivity (Wildman–Crippen MR) is 71.4 cm³/mol. The molecule has 0 aliphatic carbocycles. The van der Waals surface area contributed by atoms with Crippen molar-refractivity contribution < 1.29 is 14.7 Å². The molecular weight excluding hydrogens is 389 g/mol. The van der Waals surface area contributed by atoms with Gasteiger partial charge in [-0.15, -0.1) is 0 Å². The van der Waals surface area contributed by atoms with Crippen LogP contribution in [0.15, 0.2) is 22.7 Å². The van der Waals surface area contributed by atoms with Gasteiger partial charge >= 0.3 is 5.97 Å². The highest BCUT2D eigenvalue weighted by Gasteiger charge is 2.17. The van der Waals surface area contributed by atoms with Gasteiger partial charge in [-0.25, -0.2) is 0 Å². The Morgan fingerprint density at radius 3 is 2.69 bits per heavy atom. The van der Waals surface area contributed by atoms with Crippen molar-refractivity contribution in [3.8, 4) is 0 Å². The summed E-state index contributed by atoms with van der Waals surface area (Å²) < 4.78 is 1.55. The van der Waals surface area contributed by atoms with Crippen molar-refractivity contribution in [2.45, 2.75) is 13.0 Å². The van der Waals surface area contributed by atoms with E-state index in [0.29, 0.717) is 10.0 Å². The zero-order valence-corrected chi connectivity index (χ0v) is 12.1. The summed E-state index contributed by atoms with van der Waals surface area (Å²) in [5.74, 6) is -1.46. The minimum atomic E-state index is -1.06. The number of carboxylic acid groups (broad SMARTS) is 1. The molecule has 0 aliphatic heterocycles. The van der Waals surface area contributed by atoms with Gasteiger partial charge in [0.15, 0.2) is 0 Å². The van der Waals surface area contributed by atoms with E-state index >= 15 is 0 Å². The molecule has 2 N–H and O–H groups in total. The third-order valence-corrected chi connectivity index (χ3v) is 3.25. The summed E-state index contributed by atoms with van der Waals surface area (Å²) in [4.78, 5) is 22.3. The van der Waals surface area contributed by atoms with Crippen LogP contribution < -0.4 is 5.32 Å². The van der Waals surface area contributed by atoms with E-state index in [9.17, 15) is 9.59 Å². The summed E-state index contributed by atoms with van der Waals surface area (Å²) >= 11 is 5.33. The van der Waals surface area contributed by atoms with Crippen LogP contribution in [-0.4, -0.2) is 23.0 Å². The third kappa shape index (κ3) is 3.44. The van der Waals surface area contributed by atoms with Gasteiger partial charge in [0, 0.05) is 8.04 Å². The van der Waals surface area contributed by atoms with Crippen LogP contribution in [0.25, 0.3) is 0 Å². The van der Waals surface area contributed by atoms with Crippen molar-refractivity contribution in [2.24, 2.45) is 0 Å². The quantitative estimate of drug-likeness (QED) is 0.769. The Morgan fingerprint density at radius 1 is 1.50 bits per heavy atom. The maximum atomic E-state index is 11.7. The summed E-state index contributed by atoms with van der Waals surface area (Å²) in [7, 11) is 0. The number of amides is 1. The number of rotatable bonds is 3. The smallest absolute Gasteiger partial charge is 0.325 e. The molecule has 0 saturated heterocycles. The fraction of sp³-hybridized carbons (Fsp3) is 0.200. The molecule has 1 aromatic rings. The van der Waals surface area contributed by atoms with Gasteiger partial charge in [-0.2, -0.15) is 0 Å². The molecule has 6 heteroatoms. The van der Waals surface area contributed by atoms with Crippen LogP contribution in [0.4, 0.5) is 0 Å². The first-order valence-corrected chi connectivity index (χ1v) is 6.27. The minimum absolute atomic E-state index is 0.403. The number of hydrogen-bond acceptors (Lipinski definition) is 2. The Morgan fingerprint density at radius 2 is 2.12 bits per heavy atom. The lowest BCUT2D eigenvalue weighted by molar-refractivity contribution is -0.138. The summed E-state index contributed by atoms with van der Waals surface area (Å²) in [6.07, 6.45) is 0. The molecule has 1 atom stereocenters. The SMILES string of the molecule is C[C@H](NC(=O)c1cc(I)ccc1Br)C(=O)O. The summed E-state index contributed by atoms with van der Waals surface area (Å²) in [5, 5.41) is 11.1. The standard InChI is InChI=1S/C10H9BrINO3/c1-5(10(15)16)13-9(14)7-4-6(12)2-3-8(7)11/h2-5H,1H3,(H,13,14)(H,15,16)/t5-/m0/s1. The molecule has 0 aliphatic rings.